The summed E-state index contributed by atoms with van der Waals surface area (Å²) in [7, 11) is 3.57. The smallest absolute Gasteiger partial charge is 0.0896 e. The molecule has 0 saturated heterocycles. The van der Waals surface area contributed by atoms with Crippen LogP contribution in [0.1, 0.15) is 76.6 Å². The quantitative estimate of drug-likeness (QED) is 0.525. The van der Waals surface area contributed by atoms with Crippen molar-refractivity contribution in [1.82, 2.24) is 0 Å². The van der Waals surface area contributed by atoms with Crippen molar-refractivity contribution in [2.45, 2.75) is 71.0 Å². The number of methoxy groups -OCH3 is 2. The summed E-state index contributed by atoms with van der Waals surface area (Å²) >= 11 is 0. The summed E-state index contributed by atoms with van der Waals surface area (Å²) in [6.45, 7) is 13.2. The number of rotatable bonds is 8. The highest BCUT2D eigenvalue weighted by Crippen LogP contribution is 2.36. The molecule has 2 nitrogen and oxygen atoms in total. The van der Waals surface area contributed by atoms with Gasteiger partial charge in [-0.1, -0.05) is 76.2 Å². The molecule has 0 spiro atoms. The van der Waals surface area contributed by atoms with Gasteiger partial charge in [-0.2, -0.15) is 0 Å². The Morgan fingerprint density at radius 2 is 0.815 bits per heavy atom. The van der Waals surface area contributed by atoms with Crippen LogP contribution < -0.4 is 0 Å². The van der Waals surface area contributed by atoms with Gasteiger partial charge in [0.25, 0.3) is 0 Å². The number of ether oxygens (including phenoxy) is 2. The van der Waals surface area contributed by atoms with E-state index in [9.17, 15) is 0 Å². The normalized spacial score (nSPS) is 16.6. The van der Waals surface area contributed by atoms with E-state index in [1.54, 1.807) is 14.2 Å². The van der Waals surface area contributed by atoms with Crippen LogP contribution in [-0.2, 0) is 26.1 Å². The minimum Gasteiger partial charge on any atom is -0.374 e. The van der Waals surface area contributed by atoms with Crippen molar-refractivity contribution in [2.24, 2.45) is 0 Å². The molecule has 0 aromatic heterocycles. The van der Waals surface area contributed by atoms with E-state index in [0.29, 0.717) is 0 Å². The molecular weight excluding hydrogens is 332 g/mol. The van der Waals surface area contributed by atoms with Crippen LogP contribution in [0.2, 0.25) is 0 Å². The zero-order valence-corrected chi connectivity index (χ0v) is 18.3. The van der Waals surface area contributed by atoms with Crippen LogP contribution in [0.5, 0.6) is 0 Å². The van der Waals surface area contributed by atoms with Crippen LogP contribution in [0, 0.1) is 0 Å². The lowest BCUT2D eigenvalue weighted by molar-refractivity contribution is -0.00154. The second kappa shape index (κ2) is 8.16. The second-order valence-corrected chi connectivity index (χ2v) is 8.36. The molecule has 0 heterocycles. The molecule has 0 bridgehead atoms. The SMILES string of the molecule is CCC(C)(OC)c1ccc(C(C)(C)c2ccc(C(C)(CC)OC)cc2)cc1. The largest absolute Gasteiger partial charge is 0.374 e. The first-order valence-corrected chi connectivity index (χ1v) is 9.99. The van der Waals surface area contributed by atoms with E-state index in [1.807, 2.05) is 0 Å². The van der Waals surface area contributed by atoms with Gasteiger partial charge in [-0.3, -0.25) is 0 Å². The maximum absolute atomic E-state index is 5.74. The Morgan fingerprint density at radius 1 is 0.556 bits per heavy atom. The van der Waals surface area contributed by atoms with Gasteiger partial charge < -0.3 is 9.47 Å². The van der Waals surface area contributed by atoms with Crippen molar-refractivity contribution in [1.29, 1.82) is 0 Å². The molecule has 2 unspecified atom stereocenters. The van der Waals surface area contributed by atoms with E-state index in [1.165, 1.54) is 22.3 Å². The molecular formula is C25H36O2. The maximum atomic E-state index is 5.74. The molecule has 0 aliphatic rings. The van der Waals surface area contributed by atoms with Crippen molar-refractivity contribution < 1.29 is 9.47 Å². The minimum absolute atomic E-state index is 0.0670. The average molecular weight is 369 g/mol. The summed E-state index contributed by atoms with van der Waals surface area (Å²) in [6, 6.07) is 17.8. The van der Waals surface area contributed by atoms with Crippen molar-refractivity contribution in [3.63, 3.8) is 0 Å². The lowest BCUT2D eigenvalue weighted by atomic mass is 9.76. The van der Waals surface area contributed by atoms with E-state index >= 15 is 0 Å². The van der Waals surface area contributed by atoms with Crippen molar-refractivity contribution in [3.8, 4) is 0 Å². The summed E-state index contributed by atoms with van der Waals surface area (Å²) in [5.74, 6) is 0. The summed E-state index contributed by atoms with van der Waals surface area (Å²) in [6.07, 6.45) is 1.90. The van der Waals surface area contributed by atoms with Crippen LogP contribution in [0.25, 0.3) is 0 Å². The summed E-state index contributed by atoms with van der Waals surface area (Å²) in [4.78, 5) is 0. The molecule has 2 aromatic carbocycles. The van der Waals surface area contributed by atoms with Gasteiger partial charge in [-0.25, -0.2) is 0 Å². The van der Waals surface area contributed by atoms with Gasteiger partial charge >= 0.3 is 0 Å². The summed E-state index contributed by atoms with van der Waals surface area (Å²) < 4.78 is 11.5. The summed E-state index contributed by atoms with van der Waals surface area (Å²) in [5, 5.41) is 0. The fourth-order valence-electron chi connectivity index (χ4n) is 3.58. The standard InChI is InChI=1S/C25H36O2/c1-9-24(5,26-7)21-15-11-19(12-16-21)23(3,4)20-13-17-22(18-14-20)25(6,10-2)27-8/h11-18H,9-10H2,1-8H3. The molecule has 0 aliphatic heterocycles. The van der Waals surface area contributed by atoms with E-state index in [2.05, 4.69) is 90.1 Å². The Kier molecular flexibility index (Phi) is 6.55. The van der Waals surface area contributed by atoms with Crippen LogP contribution in [-0.4, -0.2) is 14.2 Å². The molecule has 0 fully saturated rings. The van der Waals surface area contributed by atoms with Gasteiger partial charge in [0.05, 0.1) is 11.2 Å². The maximum Gasteiger partial charge on any atom is 0.0896 e. The third-order valence-corrected chi connectivity index (χ3v) is 6.68. The Hall–Kier alpha value is -1.64. The molecule has 2 heteroatoms. The second-order valence-electron chi connectivity index (χ2n) is 8.36. The van der Waals surface area contributed by atoms with Crippen molar-refractivity contribution in [3.05, 3.63) is 70.8 Å². The highest BCUT2D eigenvalue weighted by Gasteiger charge is 2.28. The highest BCUT2D eigenvalue weighted by atomic mass is 16.5. The van der Waals surface area contributed by atoms with Gasteiger partial charge in [0.1, 0.15) is 0 Å². The molecule has 0 N–H and O–H groups in total. The van der Waals surface area contributed by atoms with Crippen LogP contribution >= 0.6 is 0 Å². The monoisotopic (exact) mass is 368 g/mol. The summed E-state index contributed by atoms with van der Waals surface area (Å²) in [5.41, 5.74) is 4.53. The van der Waals surface area contributed by atoms with Crippen LogP contribution in [0.4, 0.5) is 0 Å². The Morgan fingerprint density at radius 3 is 1.04 bits per heavy atom. The number of hydrogen-bond acceptors (Lipinski definition) is 2. The molecule has 0 radical (unpaired) electrons. The van der Waals surface area contributed by atoms with Crippen molar-refractivity contribution in [2.75, 3.05) is 14.2 Å². The van der Waals surface area contributed by atoms with E-state index in [0.717, 1.165) is 12.8 Å². The number of hydrogen-bond donors (Lipinski definition) is 0. The Labute approximate surface area is 165 Å². The zero-order valence-electron chi connectivity index (χ0n) is 18.3. The van der Waals surface area contributed by atoms with Crippen LogP contribution in [0.3, 0.4) is 0 Å². The van der Waals surface area contributed by atoms with Gasteiger partial charge in [0.2, 0.25) is 0 Å². The zero-order chi connectivity index (χ0) is 20.3. The van der Waals surface area contributed by atoms with Gasteiger partial charge in [-0.05, 0) is 48.9 Å². The Balaban J connectivity index is 2.33. The fourth-order valence-corrected chi connectivity index (χ4v) is 3.58. The molecule has 2 rings (SSSR count). The fraction of sp³-hybridized carbons (Fsp3) is 0.520. The molecule has 0 aliphatic carbocycles. The first kappa shape index (κ1) is 21.7. The number of benzene rings is 2. The molecule has 148 valence electrons. The molecule has 0 saturated carbocycles. The van der Waals surface area contributed by atoms with Gasteiger partial charge in [0, 0.05) is 19.6 Å². The lowest BCUT2D eigenvalue weighted by Gasteiger charge is -2.31. The predicted octanol–water partition coefficient (Wildman–Crippen LogP) is 6.56. The third-order valence-electron chi connectivity index (χ3n) is 6.68. The van der Waals surface area contributed by atoms with Crippen molar-refractivity contribution >= 4 is 0 Å². The van der Waals surface area contributed by atoms with Gasteiger partial charge in [-0.15, -0.1) is 0 Å². The first-order valence-electron chi connectivity index (χ1n) is 9.99. The first-order chi connectivity index (χ1) is 12.7. The molecule has 2 aromatic rings. The Bertz CT molecular complexity index is 654. The third kappa shape index (κ3) is 4.12. The molecule has 2 atom stereocenters. The minimum atomic E-state index is -0.227. The topological polar surface area (TPSA) is 18.5 Å². The van der Waals surface area contributed by atoms with E-state index < -0.39 is 0 Å². The van der Waals surface area contributed by atoms with E-state index in [-0.39, 0.29) is 16.6 Å². The van der Waals surface area contributed by atoms with Crippen LogP contribution in [0.15, 0.2) is 48.5 Å². The highest BCUT2D eigenvalue weighted by molar-refractivity contribution is 5.41. The lowest BCUT2D eigenvalue weighted by Crippen LogP contribution is -2.25. The van der Waals surface area contributed by atoms with Gasteiger partial charge in [0.15, 0.2) is 0 Å². The molecule has 0 amide bonds. The van der Waals surface area contributed by atoms with E-state index in [4.69, 9.17) is 9.47 Å². The average Bonchev–Trinajstić information content (AvgIpc) is 2.72. The predicted molar refractivity (Wildman–Crippen MR) is 114 cm³/mol. The molecule has 27 heavy (non-hydrogen) atoms.